The number of amides is 1. The predicted molar refractivity (Wildman–Crippen MR) is 149 cm³/mol. The maximum Gasteiger partial charge on any atom is 0.286 e. The predicted octanol–water partition coefficient (Wildman–Crippen LogP) is 5.80. The van der Waals surface area contributed by atoms with Crippen LogP contribution in [0.25, 0.3) is 23.0 Å². The van der Waals surface area contributed by atoms with E-state index in [1.807, 2.05) is 85.4 Å². The maximum absolute atomic E-state index is 12.9. The van der Waals surface area contributed by atoms with E-state index in [4.69, 9.17) is 14.6 Å². The molecule has 5 rings (SSSR count). The van der Waals surface area contributed by atoms with Crippen LogP contribution in [0.3, 0.4) is 0 Å². The number of thioether (sulfide) groups is 1. The van der Waals surface area contributed by atoms with Crippen molar-refractivity contribution in [1.82, 2.24) is 14.7 Å². The lowest BCUT2D eigenvalue weighted by Crippen LogP contribution is -2.47. The summed E-state index contributed by atoms with van der Waals surface area (Å²) in [6.45, 7) is 8.36. The molecule has 2 aliphatic rings. The lowest BCUT2D eigenvalue weighted by atomic mass is 10.1. The minimum absolute atomic E-state index is 0.0951. The fraction of sp³-hybridized carbons (Fsp3) is 0.345. The third-order valence-electron chi connectivity index (χ3n) is 6.22. The maximum atomic E-state index is 12.9. The number of benzene rings is 2. The standard InChI is InChI=1S/C29H32N4O3S/c1-4-5-14-35-25-13-9-10-22(15-25)27-23(19-33(31-27)24-11-7-6-8-12-24)16-26-28(34)30-29(37-26)32-17-20(2)36-21(3)18-32/h6-13,15-16,19-21H,4-5,14,17-18H2,1-3H3/b26-16-. The Balaban J connectivity index is 1.47. The van der Waals surface area contributed by atoms with Crippen LogP contribution >= 0.6 is 11.8 Å². The average molecular weight is 517 g/mol. The summed E-state index contributed by atoms with van der Waals surface area (Å²) in [5.74, 6) is 0.591. The van der Waals surface area contributed by atoms with Gasteiger partial charge in [-0.1, -0.05) is 43.7 Å². The molecule has 8 heteroatoms. The van der Waals surface area contributed by atoms with Crippen LogP contribution in [0, 0.1) is 0 Å². The summed E-state index contributed by atoms with van der Waals surface area (Å²) in [6.07, 6.45) is 6.15. The number of unbranched alkanes of at least 4 members (excludes halogenated alkanes) is 1. The van der Waals surface area contributed by atoms with Gasteiger partial charge in [-0.05, 0) is 62.4 Å². The minimum atomic E-state index is -0.221. The van der Waals surface area contributed by atoms with Crippen LogP contribution in [0.5, 0.6) is 5.75 Å². The zero-order chi connectivity index (χ0) is 25.8. The molecule has 0 saturated carbocycles. The first-order valence-electron chi connectivity index (χ1n) is 12.8. The average Bonchev–Trinajstić information content (AvgIpc) is 3.48. The highest BCUT2D eigenvalue weighted by Gasteiger charge is 2.31. The molecule has 3 aromatic rings. The van der Waals surface area contributed by atoms with Crippen LogP contribution in [0.1, 0.15) is 39.2 Å². The first-order chi connectivity index (χ1) is 18.0. The van der Waals surface area contributed by atoms with Crippen molar-refractivity contribution in [1.29, 1.82) is 0 Å². The van der Waals surface area contributed by atoms with Crippen LogP contribution in [-0.4, -0.2) is 57.7 Å². The third-order valence-corrected chi connectivity index (χ3v) is 7.27. The van der Waals surface area contributed by atoms with E-state index in [9.17, 15) is 4.79 Å². The van der Waals surface area contributed by atoms with Crippen LogP contribution in [0.15, 0.2) is 70.7 Å². The molecule has 192 valence electrons. The lowest BCUT2D eigenvalue weighted by Gasteiger charge is -2.35. The van der Waals surface area contributed by atoms with E-state index < -0.39 is 0 Å². The molecule has 0 bridgehead atoms. The number of para-hydroxylation sites is 1. The molecule has 2 unspecified atom stereocenters. The Hall–Kier alpha value is -3.36. The Morgan fingerprint density at radius 2 is 1.89 bits per heavy atom. The topological polar surface area (TPSA) is 68.9 Å². The Bertz CT molecular complexity index is 1310. The van der Waals surface area contributed by atoms with Gasteiger partial charge >= 0.3 is 0 Å². The second-order valence-electron chi connectivity index (χ2n) is 9.42. The van der Waals surface area contributed by atoms with Crippen molar-refractivity contribution >= 4 is 28.9 Å². The Labute approximate surface area is 222 Å². The van der Waals surface area contributed by atoms with Crippen LogP contribution in [0.2, 0.25) is 0 Å². The van der Waals surface area contributed by atoms with Gasteiger partial charge in [0.25, 0.3) is 5.91 Å². The number of rotatable bonds is 7. The summed E-state index contributed by atoms with van der Waals surface area (Å²) < 4.78 is 13.6. The molecular formula is C29H32N4O3S. The van der Waals surface area contributed by atoms with E-state index in [2.05, 4.69) is 16.8 Å². The Morgan fingerprint density at radius 3 is 2.65 bits per heavy atom. The fourth-order valence-electron chi connectivity index (χ4n) is 4.51. The second kappa shape index (κ2) is 11.4. The number of aromatic nitrogens is 2. The molecule has 1 saturated heterocycles. The number of hydrogen-bond acceptors (Lipinski definition) is 6. The first kappa shape index (κ1) is 25.3. The molecule has 0 aliphatic carbocycles. The van der Waals surface area contributed by atoms with Gasteiger partial charge < -0.3 is 14.4 Å². The summed E-state index contributed by atoms with van der Waals surface area (Å²) in [7, 11) is 0. The van der Waals surface area contributed by atoms with Crippen LogP contribution in [-0.2, 0) is 9.53 Å². The van der Waals surface area contributed by atoms with Crippen LogP contribution < -0.4 is 4.74 Å². The van der Waals surface area contributed by atoms with E-state index in [0.29, 0.717) is 11.5 Å². The van der Waals surface area contributed by atoms with Crippen molar-refractivity contribution in [2.75, 3.05) is 19.7 Å². The van der Waals surface area contributed by atoms with E-state index in [-0.39, 0.29) is 18.1 Å². The van der Waals surface area contributed by atoms with Crippen molar-refractivity contribution in [3.8, 4) is 22.7 Å². The molecule has 1 amide bonds. The van der Waals surface area contributed by atoms with E-state index in [1.165, 1.54) is 11.8 Å². The molecule has 0 radical (unpaired) electrons. The number of nitrogens with zero attached hydrogens (tertiary/aromatic N) is 4. The van der Waals surface area contributed by atoms with Gasteiger partial charge in [-0.15, -0.1) is 0 Å². The smallest absolute Gasteiger partial charge is 0.286 e. The monoisotopic (exact) mass is 516 g/mol. The Morgan fingerprint density at radius 1 is 1.11 bits per heavy atom. The summed E-state index contributed by atoms with van der Waals surface area (Å²) in [4.78, 5) is 20.1. The molecule has 7 nitrogen and oxygen atoms in total. The van der Waals surface area contributed by atoms with Gasteiger partial charge in [-0.25, -0.2) is 4.68 Å². The molecule has 2 atom stereocenters. The van der Waals surface area contributed by atoms with Gasteiger partial charge in [-0.2, -0.15) is 10.1 Å². The SMILES string of the molecule is CCCCOc1cccc(-c2nn(-c3ccccc3)cc2/C=C2\SC(N3CC(C)OC(C)C3)=NC2=O)c1. The zero-order valence-electron chi connectivity index (χ0n) is 21.5. The fourth-order valence-corrected chi connectivity index (χ4v) is 5.43. The Kier molecular flexibility index (Phi) is 7.76. The molecule has 0 spiro atoms. The van der Waals surface area contributed by atoms with Gasteiger partial charge in [0.15, 0.2) is 5.17 Å². The van der Waals surface area contributed by atoms with E-state index in [0.717, 1.165) is 59.4 Å². The highest BCUT2D eigenvalue weighted by molar-refractivity contribution is 8.18. The minimum Gasteiger partial charge on any atom is -0.494 e. The van der Waals surface area contributed by atoms with E-state index in [1.54, 1.807) is 0 Å². The van der Waals surface area contributed by atoms with Crippen molar-refractivity contribution in [3.05, 3.63) is 71.3 Å². The highest BCUT2D eigenvalue weighted by Crippen LogP contribution is 2.34. The first-order valence-corrected chi connectivity index (χ1v) is 13.6. The van der Waals surface area contributed by atoms with Crippen molar-refractivity contribution < 1.29 is 14.3 Å². The molecule has 2 aromatic carbocycles. The summed E-state index contributed by atoms with van der Waals surface area (Å²) in [5.41, 5.74) is 3.52. The quantitative estimate of drug-likeness (QED) is 0.292. The van der Waals surface area contributed by atoms with Gasteiger partial charge in [0.1, 0.15) is 11.4 Å². The molecule has 0 N–H and O–H groups in total. The van der Waals surface area contributed by atoms with Gasteiger partial charge in [0, 0.05) is 30.4 Å². The van der Waals surface area contributed by atoms with Crippen molar-refractivity contribution in [2.45, 2.75) is 45.8 Å². The largest absolute Gasteiger partial charge is 0.494 e. The number of amidine groups is 1. The molecule has 1 aromatic heterocycles. The molecular weight excluding hydrogens is 484 g/mol. The lowest BCUT2D eigenvalue weighted by molar-refractivity contribution is -0.113. The summed E-state index contributed by atoms with van der Waals surface area (Å²) >= 11 is 1.42. The number of ether oxygens (including phenoxy) is 2. The zero-order valence-corrected chi connectivity index (χ0v) is 22.3. The number of carbonyl (C=O) groups excluding carboxylic acids is 1. The van der Waals surface area contributed by atoms with E-state index >= 15 is 0 Å². The number of carbonyl (C=O) groups is 1. The number of hydrogen-bond donors (Lipinski definition) is 0. The van der Waals surface area contributed by atoms with Crippen molar-refractivity contribution in [3.63, 3.8) is 0 Å². The van der Waals surface area contributed by atoms with Crippen molar-refractivity contribution in [2.24, 2.45) is 4.99 Å². The number of morpholine rings is 1. The molecule has 3 heterocycles. The van der Waals surface area contributed by atoms with Gasteiger partial charge in [0.05, 0.1) is 29.4 Å². The molecule has 37 heavy (non-hydrogen) atoms. The van der Waals surface area contributed by atoms with Gasteiger partial charge in [-0.3, -0.25) is 4.79 Å². The second-order valence-corrected chi connectivity index (χ2v) is 10.4. The third kappa shape index (κ3) is 5.97. The summed E-state index contributed by atoms with van der Waals surface area (Å²) in [6, 6.07) is 17.9. The number of aliphatic imine (C=N–C) groups is 1. The molecule has 2 aliphatic heterocycles. The summed E-state index contributed by atoms with van der Waals surface area (Å²) in [5, 5.41) is 5.65. The normalized spacial score (nSPS) is 20.9. The van der Waals surface area contributed by atoms with Crippen LogP contribution in [0.4, 0.5) is 0 Å². The molecule has 1 fully saturated rings. The van der Waals surface area contributed by atoms with Gasteiger partial charge in [0.2, 0.25) is 0 Å². The highest BCUT2D eigenvalue weighted by atomic mass is 32.2.